The summed E-state index contributed by atoms with van der Waals surface area (Å²) in [5.74, 6) is 0. The number of nitrogens with zero attached hydrogens (tertiary/aromatic N) is 1. The lowest BCUT2D eigenvalue weighted by Gasteiger charge is -1.96. The Hall–Kier alpha value is -1.57. The fraction of sp³-hybridized carbons (Fsp3) is 0.100. The van der Waals surface area contributed by atoms with E-state index < -0.39 is 0 Å². The van der Waals surface area contributed by atoms with E-state index in [1.165, 1.54) is 5.56 Å². The van der Waals surface area contributed by atoms with Crippen molar-refractivity contribution in [3.8, 4) is 0 Å². The first-order chi connectivity index (χ1) is 5.95. The summed E-state index contributed by atoms with van der Waals surface area (Å²) in [6, 6.07) is 10.3. The minimum Gasteiger partial charge on any atom is -0.339 e. The molecule has 1 heterocycles. The van der Waals surface area contributed by atoms with Crippen LogP contribution in [0.4, 0.5) is 0 Å². The SMILES string of the molecule is [c]1ncc(Cc2ccccc2)[nH]1. The highest BCUT2D eigenvalue weighted by Gasteiger charge is 1.94. The molecule has 0 fully saturated rings. The lowest BCUT2D eigenvalue weighted by molar-refractivity contribution is 1.10. The minimum absolute atomic E-state index is 0.900. The van der Waals surface area contributed by atoms with Gasteiger partial charge in [-0.15, -0.1) is 0 Å². The van der Waals surface area contributed by atoms with Crippen molar-refractivity contribution in [2.75, 3.05) is 0 Å². The van der Waals surface area contributed by atoms with Crippen molar-refractivity contribution in [3.05, 3.63) is 54.1 Å². The number of imidazole rings is 1. The van der Waals surface area contributed by atoms with Crippen LogP contribution in [0.25, 0.3) is 0 Å². The van der Waals surface area contributed by atoms with Crippen LogP contribution in [0.5, 0.6) is 0 Å². The largest absolute Gasteiger partial charge is 0.339 e. The fourth-order valence-corrected chi connectivity index (χ4v) is 1.15. The van der Waals surface area contributed by atoms with Gasteiger partial charge >= 0.3 is 0 Å². The second-order valence-corrected chi connectivity index (χ2v) is 2.68. The van der Waals surface area contributed by atoms with Crippen LogP contribution in [-0.2, 0) is 6.42 Å². The Bertz CT molecular complexity index is 324. The van der Waals surface area contributed by atoms with Crippen LogP contribution in [0.1, 0.15) is 11.3 Å². The van der Waals surface area contributed by atoms with Crippen LogP contribution >= 0.6 is 0 Å². The molecule has 0 bridgehead atoms. The van der Waals surface area contributed by atoms with Crippen LogP contribution in [0.2, 0.25) is 0 Å². The standard InChI is InChI=1S/C10H9N2/c1-2-4-9(5-3-1)6-10-7-11-8-12-10/h1-5,7H,6H2,(H,11,12). The summed E-state index contributed by atoms with van der Waals surface area (Å²) in [5, 5.41) is 0. The molecule has 1 aromatic heterocycles. The highest BCUT2D eigenvalue weighted by atomic mass is 14.9. The summed E-state index contributed by atoms with van der Waals surface area (Å²) >= 11 is 0. The van der Waals surface area contributed by atoms with Crippen LogP contribution in [0, 0.1) is 6.33 Å². The summed E-state index contributed by atoms with van der Waals surface area (Å²) in [7, 11) is 0. The highest BCUT2D eigenvalue weighted by Crippen LogP contribution is 2.04. The number of hydrogen-bond acceptors (Lipinski definition) is 1. The molecule has 2 heteroatoms. The summed E-state index contributed by atoms with van der Waals surface area (Å²) in [6.07, 6.45) is 5.37. The molecule has 0 aliphatic heterocycles. The fourth-order valence-electron chi connectivity index (χ4n) is 1.15. The Morgan fingerprint density at radius 3 is 2.75 bits per heavy atom. The van der Waals surface area contributed by atoms with E-state index >= 15 is 0 Å². The second kappa shape index (κ2) is 3.22. The molecule has 2 aromatic rings. The van der Waals surface area contributed by atoms with Gasteiger partial charge < -0.3 is 4.98 Å². The van der Waals surface area contributed by atoms with Gasteiger partial charge in [-0.25, -0.2) is 4.98 Å². The molecule has 0 saturated heterocycles. The Labute approximate surface area is 71.3 Å². The van der Waals surface area contributed by atoms with E-state index in [4.69, 9.17) is 0 Å². The third-order valence-electron chi connectivity index (χ3n) is 1.74. The number of H-pyrrole nitrogens is 1. The molecule has 0 amide bonds. The first-order valence-electron chi connectivity index (χ1n) is 3.89. The first-order valence-corrected chi connectivity index (χ1v) is 3.89. The molecular weight excluding hydrogens is 148 g/mol. The molecule has 12 heavy (non-hydrogen) atoms. The van der Waals surface area contributed by atoms with Gasteiger partial charge in [0.15, 0.2) is 6.33 Å². The smallest absolute Gasteiger partial charge is 0.173 e. The summed E-state index contributed by atoms with van der Waals surface area (Å²) in [6.45, 7) is 0. The van der Waals surface area contributed by atoms with Gasteiger partial charge in [-0.2, -0.15) is 0 Å². The zero-order valence-electron chi connectivity index (χ0n) is 6.62. The zero-order chi connectivity index (χ0) is 8.23. The van der Waals surface area contributed by atoms with E-state index in [2.05, 4.69) is 28.4 Å². The normalized spacial score (nSPS) is 10.0. The Kier molecular flexibility index (Phi) is 1.90. The van der Waals surface area contributed by atoms with Crippen molar-refractivity contribution >= 4 is 0 Å². The zero-order valence-corrected chi connectivity index (χ0v) is 6.62. The van der Waals surface area contributed by atoms with Gasteiger partial charge in [0.1, 0.15) is 0 Å². The van der Waals surface area contributed by atoms with Crippen molar-refractivity contribution in [3.63, 3.8) is 0 Å². The molecule has 0 spiro atoms. The molecular formula is C10H9N2. The molecule has 1 aromatic carbocycles. The van der Waals surface area contributed by atoms with Gasteiger partial charge in [0, 0.05) is 18.3 Å². The van der Waals surface area contributed by atoms with E-state index in [9.17, 15) is 0 Å². The van der Waals surface area contributed by atoms with E-state index in [0.29, 0.717) is 0 Å². The lowest BCUT2D eigenvalue weighted by atomic mass is 10.1. The van der Waals surface area contributed by atoms with Gasteiger partial charge in [-0.1, -0.05) is 30.3 Å². The van der Waals surface area contributed by atoms with Gasteiger partial charge in [0.05, 0.1) is 0 Å². The molecule has 0 aliphatic carbocycles. The molecule has 1 N–H and O–H groups in total. The summed E-state index contributed by atoms with van der Waals surface area (Å²) < 4.78 is 0. The van der Waals surface area contributed by atoms with Gasteiger partial charge in [0.25, 0.3) is 0 Å². The van der Waals surface area contributed by atoms with Crippen molar-refractivity contribution < 1.29 is 0 Å². The molecule has 0 saturated carbocycles. The van der Waals surface area contributed by atoms with E-state index in [1.54, 1.807) is 6.20 Å². The molecule has 2 rings (SSSR count). The molecule has 0 aliphatic rings. The molecule has 2 nitrogen and oxygen atoms in total. The minimum atomic E-state index is 0.900. The monoisotopic (exact) mass is 157 g/mol. The van der Waals surface area contributed by atoms with E-state index in [0.717, 1.165) is 12.1 Å². The number of nitrogens with one attached hydrogen (secondary N) is 1. The summed E-state index contributed by atoms with van der Waals surface area (Å²) in [5.41, 5.74) is 2.39. The van der Waals surface area contributed by atoms with Crippen molar-refractivity contribution in [2.24, 2.45) is 0 Å². The van der Waals surface area contributed by atoms with Crippen LogP contribution in [0.15, 0.2) is 36.5 Å². The molecule has 0 atom stereocenters. The number of aromatic amines is 1. The van der Waals surface area contributed by atoms with Crippen LogP contribution in [-0.4, -0.2) is 9.97 Å². The average Bonchev–Trinajstić information content (AvgIpc) is 2.59. The average molecular weight is 157 g/mol. The van der Waals surface area contributed by atoms with Gasteiger partial charge in [-0.05, 0) is 5.56 Å². The van der Waals surface area contributed by atoms with Crippen LogP contribution in [0.3, 0.4) is 0 Å². The van der Waals surface area contributed by atoms with Crippen LogP contribution < -0.4 is 0 Å². The van der Waals surface area contributed by atoms with Gasteiger partial charge in [0.2, 0.25) is 0 Å². The summed E-state index contributed by atoms with van der Waals surface area (Å²) in [4.78, 5) is 6.79. The Morgan fingerprint density at radius 2 is 2.08 bits per heavy atom. The number of rotatable bonds is 2. The van der Waals surface area contributed by atoms with Crippen molar-refractivity contribution in [2.45, 2.75) is 6.42 Å². The van der Waals surface area contributed by atoms with Crippen molar-refractivity contribution in [1.29, 1.82) is 0 Å². The maximum absolute atomic E-state index is 3.84. The van der Waals surface area contributed by atoms with Crippen molar-refractivity contribution in [1.82, 2.24) is 9.97 Å². The Balaban J connectivity index is 2.15. The number of hydrogen-bond donors (Lipinski definition) is 1. The molecule has 0 unspecified atom stereocenters. The third-order valence-corrected chi connectivity index (χ3v) is 1.74. The number of benzene rings is 1. The van der Waals surface area contributed by atoms with Gasteiger partial charge in [-0.3, -0.25) is 0 Å². The topological polar surface area (TPSA) is 28.7 Å². The maximum Gasteiger partial charge on any atom is 0.173 e. The predicted octanol–water partition coefficient (Wildman–Crippen LogP) is 1.80. The lowest BCUT2D eigenvalue weighted by Crippen LogP contribution is -1.86. The molecule has 1 radical (unpaired) electrons. The maximum atomic E-state index is 3.84. The third kappa shape index (κ3) is 1.53. The quantitative estimate of drug-likeness (QED) is 0.707. The van der Waals surface area contributed by atoms with E-state index in [1.807, 2.05) is 18.2 Å². The first kappa shape index (κ1) is 7.10. The molecule has 59 valence electrons. The second-order valence-electron chi connectivity index (χ2n) is 2.68. The van der Waals surface area contributed by atoms with E-state index in [-0.39, 0.29) is 0 Å². The Morgan fingerprint density at radius 1 is 1.25 bits per heavy atom. The predicted molar refractivity (Wildman–Crippen MR) is 46.7 cm³/mol. The highest BCUT2D eigenvalue weighted by molar-refractivity contribution is 5.19. The number of aromatic nitrogens is 2.